The Morgan fingerprint density at radius 3 is 1.62 bits per heavy atom. The van der Waals surface area contributed by atoms with Gasteiger partial charge in [0, 0.05) is 50.0 Å². The van der Waals surface area contributed by atoms with E-state index in [1.807, 2.05) is 18.2 Å². The number of benzene rings is 8. The molecule has 52 heavy (non-hydrogen) atoms. The summed E-state index contributed by atoms with van der Waals surface area (Å²) in [5, 5.41) is 12.3. The molecule has 1 N–H and O–H groups in total. The lowest BCUT2D eigenvalue weighted by Crippen LogP contribution is -2.19. The third kappa shape index (κ3) is 5.06. The first-order chi connectivity index (χ1) is 25.4. The van der Waals surface area contributed by atoms with Gasteiger partial charge in [0.1, 0.15) is 22.3 Å². The lowest BCUT2D eigenvalue weighted by Gasteiger charge is -2.32. The zero-order valence-electron chi connectivity index (χ0n) is 29.3. The second-order valence-corrected chi connectivity index (χ2v) is 14.8. The molecule has 0 radical (unpaired) electrons. The lowest BCUT2D eigenvalue weighted by molar-refractivity contribution is 0.591. The van der Waals surface area contributed by atoms with Gasteiger partial charge in [0.25, 0.3) is 0 Å². The van der Waals surface area contributed by atoms with Crippen LogP contribution in [-0.4, -0.2) is 0 Å². The molecule has 0 fully saturated rings. The largest absolute Gasteiger partial charge is 0.456 e. The molecule has 4 heteroatoms. The highest BCUT2D eigenvalue weighted by atomic mass is 16.3. The average Bonchev–Trinajstić information content (AvgIpc) is 3.68. The summed E-state index contributed by atoms with van der Waals surface area (Å²) in [5.74, 6) is 0. The summed E-state index contributed by atoms with van der Waals surface area (Å²) in [5.41, 5.74) is 10.2. The van der Waals surface area contributed by atoms with Gasteiger partial charge in [-0.2, -0.15) is 0 Å². The van der Waals surface area contributed by atoms with Crippen LogP contribution in [0.25, 0.3) is 65.4 Å². The predicted molar refractivity (Wildman–Crippen MR) is 219 cm³/mol. The predicted octanol–water partition coefficient (Wildman–Crippen LogP) is 14.3. The summed E-state index contributed by atoms with van der Waals surface area (Å²) >= 11 is 0. The maximum atomic E-state index is 6.62. The van der Waals surface area contributed by atoms with Crippen LogP contribution in [0.3, 0.4) is 0 Å². The number of hydrogen-bond donors (Lipinski definition) is 1. The Hall–Kier alpha value is -6.52. The number of rotatable bonds is 5. The summed E-state index contributed by atoms with van der Waals surface area (Å²) in [6.45, 7) is 6.82. The van der Waals surface area contributed by atoms with Crippen molar-refractivity contribution in [1.82, 2.24) is 0 Å². The molecule has 4 nitrogen and oxygen atoms in total. The van der Waals surface area contributed by atoms with Crippen molar-refractivity contribution in [3.05, 3.63) is 163 Å². The van der Waals surface area contributed by atoms with E-state index in [0.29, 0.717) is 0 Å². The van der Waals surface area contributed by atoms with E-state index in [1.54, 1.807) is 0 Å². The molecular weight excluding hydrogens is 637 g/mol. The van der Waals surface area contributed by atoms with Crippen molar-refractivity contribution in [2.75, 3.05) is 10.2 Å². The zero-order chi connectivity index (χ0) is 35.0. The molecule has 0 unspecified atom stereocenters. The van der Waals surface area contributed by atoms with E-state index >= 15 is 0 Å². The molecule has 0 atom stereocenters. The first kappa shape index (κ1) is 30.3. The molecule has 0 aliphatic carbocycles. The Bertz CT molecular complexity index is 2970. The van der Waals surface area contributed by atoms with Crippen LogP contribution in [-0.2, 0) is 5.41 Å². The van der Waals surface area contributed by atoms with Crippen LogP contribution in [0.15, 0.2) is 167 Å². The SMILES string of the molecule is CC(C)(C)c1ccccc1N(c1ccccc1)c1ccc2cc3c(cc2c1)oc1cc2c(cc13)oc1cc3cc(Nc4ccccc4)ccc3cc12. The average molecular weight is 673 g/mol. The van der Waals surface area contributed by atoms with E-state index in [9.17, 15) is 0 Å². The highest BCUT2D eigenvalue weighted by Gasteiger charge is 2.23. The van der Waals surface area contributed by atoms with Crippen LogP contribution in [0.2, 0.25) is 0 Å². The molecule has 10 rings (SSSR count). The van der Waals surface area contributed by atoms with Crippen molar-refractivity contribution in [3.8, 4) is 0 Å². The first-order valence-electron chi connectivity index (χ1n) is 17.8. The molecular formula is C48H36N2O2. The smallest absolute Gasteiger partial charge is 0.136 e. The molecule has 0 aliphatic heterocycles. The van der Waals surface area contributed by atoms with Crippen molar-refractivity contribution in [3.63, 3.8) is 0 Å². The second-order valence-electron chi connectivity index (χ2n) is 14.8. The maximum absolute atomic E-state index is 6.62. The monoisotopic (exact) mass is 672 g/mol. The Morgan fingerprint density at radius 2 is 0.962 bits per heavy atom. The zero-order valence-corrected chi connectivity index (χ0v) is 29.3. The second kappa shape index (κ2) is 11.5. The van der Waals surface area contributed by atoms with Crippen molar-refractivity contribution < 1.29 is 8.83 Å². The van der Waals surface area contributed by atoms with Gasteiger partial charge in [0.15, 0.2) is 0 Å². The Kier molecular flexibility index (Phi) is 6.71. The van der Waals surface area contributed by atoms with E-state index in [-0.39, 0.29) is 5.41 Å². The number of nitrogens with one attached hydrogen (secondary N) is 1. The van der Waals surface area contributed by atoms with Crippen LogP contribution in [0.5, 0.6) is 0 Å². The van der Waals surface area contributed by atoms with Crippen LogP contribution in [0.1, 0.15) is 26.3 Å². The third-order valence-corrected chi connectivity index (χ3v) is 10.3. The van der Waals surface area contributed by atoms with Gasteiger partial charge in [-0.3, -0.25) is 0 Å². The van der Waals surface area contributed by atoms with Crippen LogP contribution < -0.4 is 10.2 Å². The highest BCUT2D eigenvalue weighted by molar-refractivity contribution is 6.18. The highest BCUT2D eigenvalue weighted by Crippen LogP contribution is 2.43. The molecule has 0 bridgehead atoms. The van der Waals surface area contributed by atoms with Crippen LogP contribution in [0.4, 0.5) is 28.4 Å². The Morgan fingerprint density at radius 1 is 0.423 bits per heavy atom. The van der Waals surface area contributed by atoms with Gasteiger partial charge in [-0.15, -0.1) is 0 Å². The normalized spacial score (nSPS) is 12.1. The third-order valence-electron chi connectivity index (χ3n) is 10.3. The quantitative estimate of drug-likeness (QED) is 0.198. The van der Waals surface area contributed by atoms with Gasteiger partial charge in [-0.05, 0) is 124 Å². The van der Waals surface area contributed by atoms with Crippen molar-refractivity contribution >= 4 is 93.9 Å². The molecule has 0 aliphatic rings. The van der Waals surface area contributed by atoms with E-state index in [2.05, 4.69) is 171 Å². The van der Waals surface area contributed by atoms with Crippen molar-refractivity contribution in [2.24, 2.45) is 0 Å². The number of nitrogens with zero attached hydrogens (tertiary/aromatic N) is 1. The lowest BCUT2D eigenvalue weighted by atomic mass is 9.85. The van der Waals surface area contributed by atoms with E-state index < -0.39 is 0 Å². The van der Waals surface area contributed by atoms with Crippen molar-refractivity contribution in [1.29, 1.82) is 0 Å². The first-order valence-corrected chi connectivity index (χ1v) is 17.8. The number of anilines is 5. The number of para-hydroxylation sites is 3. The van der Waals surface area contributed by atoms with Gasteiger partial charge < -0.3 is 19.1 Å². The van der Waals surface area contributed by atoms with Gasteiger partial charge >= 0.3 is 0 Å². The minimum absolute atomic E-state index is 0.0257. The molecule has 8 aromatic carbocycles. The fourth-order valence-corrected chi connectivity index (χ4v) is 7.73. The molecule has 0 saturated carbocycles. The molecule has 250 valence electrons. The van der Waals surface area contributed by atoms with Gasteiger partial charge in [0.05, 0.1) is 0 Å². The number of fused-ring (bicyclic) bond motifs is 8. The summed E-state index contributed by atoms with van der Waals surface area (Å²) in [4.78, 5) is 2.37. The van der Waals surface area contributed by atoms with Crippen molar-refractivity contribution in [2.45, 2.75) is 26.2 Å². The summed E-state index contributed by atoms with van der Waals surface area (Å²) in [7, 11) is 0. The fourth-order valence-electron chi connectivity index (χ4n) is 7.73. The number of furan rings is 2. The molecule has 0 spiro atoms. The molecule has 2 heterocycles. The van der Waals surface area contributed by atoms with Gasteiger partial charge in [0.2, 0.25) is 0 Å². The molecule has 2 aromatic heterocycles. The minimum Gasteiger partial charge on any atom is -0.456 e. The fraction of sp³-hybridized carbons (Fsp3) is 0.0833. The Labute approximate surface area is 301 Å². The summed E-state index contributed by atoms with van der Waals surface area (Å²) in [6, 6.07) is 55.9. The summed E-state index contributed by atoms with van der Waals surface area (Å²) < 4.78 is 13.1. The maximum Gasteiger partial charge on any atom is 0.136 e. The van der Waals surface area contributed by atoms with Crippen LogP contribution >= 0.6 is 0 Å². The molecule has 0 amide bonds. The topological polar surface area (TPSA) is 41.6 Å². The van der Waals surface area contributed by atoms with E-state index in [0.717, 1.165) is 88.2 Å². The number of hydrogen-bond acceptors (Lipinski definition) is 4. The standard InChI is InChI=1S/C48H36N2O2/c1-48(2,3)42-16-10-11-17-43(42)50(36-14-8-5-9-15-36)37-21-19-31-25-39-41-29-46-40(28-47(41)52-45(39)27-33(31)23-37)38-24-30-18-20-35(22-32(30)26-44(38)51-46)49-34-12-6-4-7-13-34/h4-29,49H,1-3H3. The van der Waals surface area contributed by atoms with E-state index in [1.165, 1.54) is 11.3 Å². The molecule has 10 aromatic rings. The molecule has 0 saturated heterocycles. The van der Waals surface area contributed by atoms with Gasteiger partial charge in [-0.25, -0.2) is 0 Å². The minimum atomic E-state index is -0.0257. The Balaban J connectivity index is 1.08. The van der Waals surface area contributed by atoms with Crippen LogP contribution in [0, 0.1) is 0 Å². The van der Waals surface area contributed by atoms with Gasteiger partial charge in [-0.1, -0.05) is 87.5 Å². The van der Waals surface area contributed by atoms with E-state index in [4.69, 9.17) is 8.83 Å². The summed E-state index contributed by atoms with van der Waals surface area (Å²) in [6.07, 6.45) is 0.